The molecule has 0 aliphatic carbocycles. The number of carbonyl (C=O) groups excluding carboxylic acids is 1. The van der Waals surface area contributed by atoms with Crippen LogP contribution in [0.3, 0.4) is 0 Å². The SMILES string of the molecule is CC(O)C(NC(=O)[C@@H]1CCCN1)C(=O)O.Cl. The molecule has 0 aromatic rings. The summed E-state index contributed by atoms with van der Waals surface area (Å²) in [6.45, 7) is 2.10. The van der Waals surface area contributed by atoms with Gasteiger partial charge in [0.15, 0.2) is 6.04 Å². The number of carboxylic acid groups (broad SMARTS) is 1. The third kappa shape index (κ3) is 3.96. The van der Waals surface area contributed by atoms with Gasteiger partial charge in [0.2, 0.25) is 5.91 Å². The molecule has 6 nitrogen and oxygen atoms in total. The predicted octanol–water partition coefficient (Wildman–Crippen LogP) is -0.890. The number of carbonyl (C=O) groups is 2. The lowest BCUT2D eigenvalue weighted by atomic mass is 10.1. The van der Waals surface area contributed by atoms with Crippen molar-refractivity contribution in [3.8, 4) is 0 Å². The maximum absolute atomic E-state index is 11.5. The van der Waals surface area contributed by atoms with Gasteiger partial charge in [0.25, 0.3) is 0 Å². The summed E-state index contributed by atoms with van der Waals surface area (Å²) in [6.07, 6.45) is 0.510. The maximum Gasteiger partial charge on any atom is 0.328 e. The zero-order valence-electron chi connectivity index (χ0n) is 8.97. The summed E-state index contributed by atoms with van der Waals surface area (Å²) in [5.74, 6) is -1.59. The minimum atomic E-state index is -1.24. The molecule has 1 fully saturated rings. The second-order valence-corrected chi connectivity index (χ2v) is 3.71. The highest BCUT2D eigenvalue weighted by molar-refractivity contribution is 5.87. The van der Waals surface area contributed by atoms with Crippen LogP contribution in [0.2, 0.25) is 0 Å². The Bertz CT molecular complexity index is 254. The number of nitrogens with one attached hydrogen (secondary N) is 2. The summed E-state index contributed by atoms with van der Waals surface area (Å²) in [6, 6.07) is -1.56. The van der Waals surface area contributed by atoms with Crippen molar-refractivity contribution < 1.29 is 19.8 Å². The van der Waals surface area contributed by atoms with Gasteiger partial charge in [-0.25, -0.2) is 4.79 Å². The highest BCUT2D eigenvalue weighted by atomic mass is 35.5. The van der Waals surface area contributed by atoms with Crippen LogP contribution in [0, 0.1) is 0 Å². The van der Waals surface area contributed by atoms with E-state index >= 15 is 0 Å². The molecule has 1 aliphatic rings. The van der Waals surface area contributed by atoms with Gasteiger partial charge in [-0.1, -0.05) is 0 Å². The molecule has 7 heteroatoms. The van der Waals surface area contributed by atoms with Gasteiger partial charge in [-0.2, -0.15) is 0 Å². The Morgan fingerprint density at radius 3 is 2.50 bits per heavy atom. The first-order valence-electron chi connectivity index (χ1n) is 4.97. The lowest BCUT2D eigenvalue weighted by Gasteiger charge is -2.19. The number of rotatable bonds is 4. The fourth-order valence-electron chi connectivity index (χ4n) is 1.55. The van der Waals surface area contributed by atoms with Crippen LogP contribution in [0.4, 0.5) is 0 Å². The first-order valence-corrected chi connectivity index (χ1v) is 4.97. The van der Waals surface area contributed by atoms with Gasteiger partial charge >= 0.3 is 5.97 Å². The standard InChI is InChI=1S/C9H16N2O4.ClH/c1-5(12)7(9(14)15)11-8(13)6-3-2-4-10-6;/h5-7,10,12H,2-4H2,1H3,(H,11,13)(H,14,15);1H/t5?,6-,7?;/m0./s1. The van der Waals surface area contributed by atoms with Crippen LogP contribution in [0.25, 0.3) is 0 Å². The average Bonchev–Trinajstić information content (AvgIpc) is 2.65. The number of hydrogen-bond acceptors (Lipinski definition) is 4. The van der Waals surface area contributed by atoms with Crippen LogP contribution in [0.15, 0.2) is 0 Å². The molecule has 0 aromatic heterocycles. The van der Waals surface area contributed by atoms with Crippen LogP contribution in [-0.2, 0) is 9.59 Å². The van der Waals surface area contributed by atoms with Gasteiger partial charge in [-0.05, 0) is 26.3 Å². The highest BCUT2D eigenvalue weighted by Crippen LogP contribution is 2.05. The number of hydrogen-bond donors (Lipinski definition) is 4. The van der Waals surface area contributed by atoms with Crippen molar-refractivity contribution in [1.29, 1.82) is 0 Å². The molecular formula is C9H17ClN2O4. The summed E-state index contributed by atoms with van der Waals surface area (Å²) >= 11 is 0. The first-order chi connectivity index (χ1) is 7.02. The van der Waals surface area contributed by atoms with Crippen molar-refractivity contribution in [3.63, 3.8) is 0 Å². The molecule has 0 radical (unpaired) electrons. The Hall–Kier alpha value is -0.850. The Labute approximate surface area is 99.8 Å². The molecule has 94 valence electrons. The van der Waals surface area contributed by atoms with Crippen molar-refractivity contribution >= 4 is 24.3 Å². The largest absolute Gasteiger partial charge is 0.480 e. The summed E-state index contributed by atoms with van der Waals surface area (Å²) in [4.78, 5) is 22.2. The molecule has 2 unspecified atom stereocenters. The summed E-state index contributed by atoms with van der Waals surface area (Å²) in [5, 5.41) is 23.2. The molecule has 16 heavy (non-hydrogen) atoms. The number of aliphatic carboxylic acids is 1. The Morgan fingerprint density at radius 2 is 2.12 bits per heavy atom. The summed E-state index contributed by atoms with van der Waals surface area (Å²) in [5.41, 5.74) is 0. The molecule has 1 amide bonds. The van der Waals surface area contributed by atoms with Gasteiger partial charge in [0, 0.05) is 0 Å². The molecule has 0 spiro atoms. The van der Waals surface area contributed by atoms with Crippen LogP contribution in [-0.4, -0.2) is 46.8 Å². The second kappa shape index (κ2) is 6.67. The molecule has 1 heterocycles. The lowest BCUT2D eigenvalue weighted by Crippen LogP contribution is -2.52. The number of aliphatic hydroxyl groups excluding tert-OH is 1. The second-order valence-electron chi connectivity index (χ2n) is 3.71. The fourth-order valence-corrected chi connectivity index (χ4v) is 1.55. The number of aliphatic hydroxyl groups is 1. The zero-order chi connectivity index (χ0) is 11.4. The van der Waals surface area contributed by atoms with E-state index in [2.05, 4.69) is 10.6 Å². The van der Waals surface area contributed by atoms with E-state index in [9.17, 15) is 9.59 Å². The maximum atomic E-state index is 11.5. The quantitative estimate of drug-likeness (QED) is 0.520. The van der Waals surface area contributed by atoms with E-state index in [-0.39, 0.29) is 24.4 Å². The van der Waals surface area contributed by atoms with Crippen LogP contribution >= 0.6 is 12.4 Å². The molecular weight excluding hydrogens is 236 g/mol. The van der Waals surface area contributed by atoms with Crippen molar-refractivity contribution in [2.24, 2.45) is 0 Å². The van der Waals surface area contributed by atoms with E-state index in [0.717, 1.165) is 13.0 Å². The molecule has 1 saturated heterocycles. The van der Waals surface area contributed by atoms with Gasteiger partial charge < -0.3 is 20.8 Å². The minimum absolute atomic E-state index is 0. The lowest BCUT2D eigenvalue weighted by molar-refractivity contribution is -0.145. The Balaban J connectivity index is 0.00000225. The summed E-state index contributed by atoms with van der Waals surface area (Å²) < 4.78 is 0. The van der Waals surface area contributed by atoms with E-state index in [0.29, 0.717) is 6.42 Å². The minimum Gasteiger partial charge on any atom is -0.480 e. The first kappa shape index (κ1) is 15.2. The van der Waals surface area contributed by atoms with Crippen LogP contribution in [0.5, 0.6) is 0 Å². The van der Waals surface area contributed by atoms with E-state index in [4.69, 9.17) is 10.2 Å². The topological polar surface area (TPSA) is 98.7 Å². The third-order valence-electron chi connectivity index (χ3n) is 2.42. The molecule has 0 bridgehead atoms. The monoisotopic (exact) mass is 252 g/mol. The van der Waals surface area contributed by atoms with Gasteiger partial charge in [0.05, 0.1) is 12.1 Å². The number of halogens is 1. The summed E-state index contributed by atoms with van der Waals surface area (Å²) in [7, 11) is 0. The van der Waals surface area contributed by atoms with Crippen LogP contribution < -0.4 is 10.6 Å². The van der Waals surface area contributed by atoms with Crippen molar-refractivity contribution in [2.75, 3.05) is 6.54 Å². The molecule has 0 saturated carbocycles. The average molecular weight is 253 g/mol. The number of amides is 1. The van der Waals surface area contributed by atoms with Crippen molar-refractivity contribution in [1.82, 2.24) is 10.6 Å². The van der Waals surface area contributed by atoms with Crippen molar-refractivity contribution in [2.45, 2.75) is 38.0 Å². The smallest absolute Gasteiger partial charge is 0.328 e. The van der Waals surface area contributed by atoms with Crippen LogP contribution in [0.1, 0.15) is 19.8 Å². The van der Waals surface area contributed by atoms with E-state index < -0.39 is 18.1 Å². The van der Waals surface area contributed by atoms with Crippen molar-refractivity contribution in [3.05, 3.63) is 0 Å². The Kier molecular flexibility index (Phi) is 6.32. The highest BCUT2D eigenvalue weighted by Gasteiger charge is 2.29. The van der Waals surface area contributed by atoms with E-state index in [1.807, 2.05) is 0 Å². The van der Waals surface area contributed by atoms with Gasteiger partial charge in [-0.15, -0.1) is 12.4 Å². The fraction of sp³-hybridized carbons (Fsp3) is 0.778. The number of carboxylic acids is 1. The normalized spacial score (nSPS) is 23.0. The van der Waals surface area contributed by atoms with E-state index in [1.165, 1.54) is 6.92 Å². The Morgan fingerprint density at radius 1 is 1.50 bits per heavy atom. The molecule has 0 aromatic carbocycles. The zero-order valence-corrected chi connectivity index (χ0v) is 9.79. The van der Waals surface area contributed by atoms with Gasteiger partial charge in [-0.3, -0.25) is 4.79 Å². The predicted molar refractivity (Wildman–Crippen MR) is 59.5 cm³/mol. The molecule has 4 N–H and O–H groups in total. The third-order valence-corrected chi connectivity index (χ3v) is 2.42. The molecule has 1 aliphatic heterocycles. The molecule has 1 rings (SSSR count). The molecule has 3 atom stereocenters. The van der Waals surface area contributed by atoms with Gasteiger partial charge in [0.1, 0.15) is 0 Å². The van der Waals surface area contributed by atoms with E-state index in [1.54, 1.807) is 0 Å².